The maximum Gasteiger partial charge on any atom is 0.490 e. The van der Waals surface area contributed by atoms with Crippen LogP contribution >= 0.6 is 0 Å². The van der Waals surface area contributed by atoms with Crippen LogP contribution in [0.15, 0.2) is 18.3 Å². The third-order valence-corrected chi connectivity index (χ3v) is 4.30. The second-order valence-electron chi connectivity index (χ2n) is 6.38. The molecule has 1 aliphatic rings. The molecule has 9 nitrogen and oxygen atoms in total. The van der Waals surface area contributed by atoms with Crippen LogP contribution in [0.1, 0.15) is 40.6 Å². The van der Waals surface area contributed by atoms with Crippen molar-refractivity contribution in [1.82, 2.24) is 9.88 Å². The van der Waals surface area contributed by atoms with Crippen molar-refractivity contribution in [3.8, 4) is 0 Å². The molecule has 12 heteroatoms. The Balaban J connectivity index is 0.000000516. The molecule has 1 aromatic heterocycles. The van der Waals surface area contributed by atoms with Gasteiger partial charge in [0.25, 0.3) is 5.91 Å². The van der Waals surface area contributed by atoms with Crippen LogP contribution in [-0.4, -0.2) is 70.3 Å². The van der Waals surface area contributed by atoms with E-state index in [1.54, 1.807) is 4.90 Å². The number of nitrogens with zero attached hydrogens (tertiary/aromatic N) is 2. The molecule has 1 saturated heterocycles. The number of ether oxygens (including phenoxy) is 1. The average Bonchev–Trinajstić information content (AvgIpc) is 2.67. The molecule has 160 valence electrons. The number of hydrogen-bond donors (Lipinski definition) is 2. The minimum atomic E-state index is -5.08. The van der Waals surface area contributed by atoms with Gasteiger partial charge >= 0.3 is 24.1 Å². The van der Waals surface area contributed by atoms with E-state index in [0.29, 0.717) is 25.9 Å². The molecule has 2 rings (SSSR count). The Hall–Kier alpha value is -3.18. The molecule has 0 unspecified atom stereocenters. The van der Waals surface area contributed by atoms with Crippen molar-refractivity contribution in [1.29, 1.82) is 0 Å². The van der Waals surface area contributed by atoms with E-state index >= 15 is 0 Å². The topological polar surface area (TPSA) is 134 Å². The summed E-state index contributed by atoms with van der Waals surface area (Å²) in [5.74, 6) is -4.45. The van der Waals surface area contributed by atoms with E-state index in [1.807, 2.05) is 6.92 Å². The molecule has 29 heavy (non-hydrogen) atoms. The van der Waals surface area contributed by atoms with Crippen LogP contribution in [0.3, 0.4) is 0 Å². The van der Waals surface area contributed by atoms with E-state index in [9.17, 15) is 27.6 Å². The van der Waals surface area contributed by atoms with Gasteiger partial charge in [-0.25, -0.2) is 14.6 Å². The SMILES string of the molecule is COC(=O)C1(C)CCN(C(=O)c2ccnc(C(=O)O)c2)CC1.O=C(O)C(F)(F)F. The summed E-state index contributed by atoms with van der Waals surface area (Å²) in [6, 6.07) is 2.75. The Morgan fingerprint density at radius 3 is 2.10 bits per heavy atom. The van der Waals surface area contributed by atoms with Crippen molar-refractivity contribution in [3.63, 3.8) is 0 Å². The maximum absolute atomic E-state index is 12.4. The molecule has 0 radical (unpaired) electrons. The Morgan fingerprint density at radius 2 is 1.69 bits per heavy atom. The summed E-state index contributed by atoms with van der Waals surface area (Å²) < 4.78 is 36.5. The number of likely N-dealkylation sites (tertiary alicyclic amines) is 1. The molecule has 2 N–H and O–H groups in total. The molecule has 1 aromatic rings. The fraction of sp³-hybridized carbons (Fsp3) is 0.471. The number of pyridine rings is 1. The monoisotopic (exact) mass is 420 g/mol. The van der Waals surface area contributed by atoms with E-state index in [2.05, 4.69) is 4.98 Å². The first-order valence-corrected chi connectivity index (χ1v) is 8.19. The lowest BCUT2D eigenvalue weighted by Crippen LogP contribution is -2.45. The lowest BCUT2D eigenvalue weighted by atomic mass is 9.80. The van der Waals surface area contributed by atoms with E-state index in [4.69, 9.17) is 19.7 Å². The quantitative estimate of drug-likeness (QED) is 0.708. The van der Waals surface area contributed by atoms with Crippen LogP contribution in [0.25, 0.3) is 0 Å². The number of carbonyl (C=O) groups excluding carboxylic acids is 2. The van der Waals surface area contributed by atoms with Crippen molar-refractivity contribution < 1.29 is 47.3 Å². The molecular weight excluding hydrogens is 401 g/mol. The number of aromatic carboxylic acids is 1. The van der Waals surface area contributed by atoms with E-state index < -0.39 is 23.5 Å². The normalized spacial score (nSPS) is 15.6. The standard InChI is InChI=1S/C15H18N2O5.C2HF3O2/c1-15(14(21)22-2)4-7-17(8-5-15)12(18)10-3-6-16-11(9-10)13(19)20;3-2(4,5)1(6)7/h3,6,9H,4-5,7-8H2,1-2H3,(H,19,20);(H,6,7). The predicted molar refractivity (Wildman–Crippen MR) is 90.1 cm³/mol. The molecule has 0 saturated carbocycles. The average molecular weight is 420 g/mol. The van der Waals surface area contributed by atoms with Gasteiger partial charge in [-0.15, -0.1) is 0 Å². The molecule has 0 aromatic carbocycles. The van der Waals surface area contributed by atoms with E-state index in [-0.39, 0.29) is 23.1 Å². The number of methoxy groups -OCH3 is 1. The van der Waals surface area contributed by atoms with E-state index in [0.717, 1.165) is 0 Å². The second-order valence-corrected chi connectivity index (χ2v) is 6.38. The largest absolute Gasteiger partial charge is 0.490 e. The van der Waals surface area contributed by atoms with Crippen molar-refractivity contribution in [2.75, 3.05) is 20.2 Å². The number of hydrogen-bond acceptors (Lipinski definition) is 6. The molecular formula is C17H19F3N2O7. The van der Waals surface area contributed by atoms with Crippen LogP contribution in [0.2, 0.25) is 0 Å². The molecule has 2 heterocycles. The number of halogens is 3. The third kappa shape index (κ3) is 6.43. The van der Waals surface area contributed by atoms with Crippen LogP contribution in [-0.2, 0) is 14.3 Å². The van der Waals surface area contributed by atoms with Gasteiger partial charge in [0, 0.05) is 24.8 Å². The van der Waals surface area contributed by atoms with Crippen LogP contribution in [0, 0.1) is 5.41 Å². The predicted octanol–water partition coefficient (Wildman–Crippen LogP) is 1.83. The van der Waals surface area contributed by atoms with Gasteiger partial charge in [-0.3, -0.25) is 9.59 Å². The van der Waals surface area contributed by atoms with Gasteiger partial charge < -0.3 is 19.8 Å². The molecule has 0 bridgehead atoms. The summed E-state index contributed by atoms with van der Waals surface area (Å²) in [5.41, 5.74) is -0.452. The first-order chi connectivity index (χ1) is 13.3. The maximum atomic E-state index is 12.4. The zero-order valence-electron chi connectivity index (χ0n) is 15.5. The minimum Gasteiger partial charge on any atom is -0.477 e. The number of amides is 1. The third-order valence-electron chi connectivity index (χ3n) is 4.30. The van der Waals surface area contributed by atoms with Crippen molar-refractivity contribution >= 4 is 23.8 Å². The van der Waals surface area contributed by atoms with Gasteiger partial charge in [-0.1, -0.05) is 0 Å². The first kappa shape index (κ1) is 23.9. The Bertz CT molecular complexity index is 787. The summed E-state index contributed by atoms with van der Waals surface area (Å²) in [7, 11) is 1.36. The summed E-state index contributed by atoms with van der Waals surface area (Å²) in [5, 5.41) is 16.0. The lowest BCUT2D eigenvalue weighted by Gasteiger charge is -2.37. The number of rotatable bonds is 3. The summed E-state index contributed by atoms with van der Waals surface area (Å²) in [6.45, 7) is 2.68. The zero-order valence-corrected chi connectivity index (χ0v) is 15.5. The second kappa shape index (κ2) is 9.34. The molecule has 0 aliphatic carbocycles. The number of carboxylic acids is 2. The Labute approximate surface area is 163 Å². The number of esters is 1. The van der Waals surface area contributed by atoms with Crippen molar-refractivity contribution in [3.05, 3.63) is 29.6 Å². The highest BCUT2D eigenvalue weighted by molar-refractivity contribution is 5.96. The Morgan fingerprint density at radius 1 is 1.17 bits per heavy atom. The fourth-order valence-electron chi connectivity index (χ4n) is 2.52. The van der Waals surface area contributed by atoms with Crippen LogP contribution in [0.4, 0.5) is 13.2 Å². The smallest absolute Gasteiger partial charge is 0.477 e. The minimum absolute atomic E-state index is 0.165. The summed E-state index contributed by atoms with van der Waals surface area (Å²) >= 11 is 0. The molecule has 0 atom stereocenters. The number of carbonyl (C=O) groups is 4. The van der Waals surface area contributed by atoms with Crippen LogP contribution in [0.5, 0.6) is 0 Å². The summed E-state index contributed by atoms with van der Waals surface area (Å²) in [6.07, 6.45) is -2.75. The highest BCUT2D eigenvalue weighted by atomic mass is 19.4. The number of carboxylic acid groups (broad SMARTS) is 2. The Kier molecular flexibility index (Phi) is 7.69. The van der Waals surface area contributed by atoms with Crippen molar-refractivity contribution in [2.45, 2.75) is 25.9 Å². The molecule has 0 spiro atoms. The molecule has 1 aliphatic heterocycles. The van der Waals surface area contributed by atoms with Gasteiger partial charge in [0.15, 0.2) is 0 Å². The zero-order chi connectivity index (χ0) is 22.4. The van der Waals surface area contributed by atoms with Gasteiger partial charge in [0.05, 0.1) is 12.5 Å². The molecule has 1 amide bonds. The van der Waals surface area contributed by atoms with Gasteiger partial charge in [-0.2, -0.15) is 13.2 Å². The molecule has 1 fully saturated rings. The first-order valence-electron chi connectivity index (χ1n) is 8.19. The number of alkyl halides is 3. The highest BCUT2D eigenvalue weighted by Crippen LogP contribution is 2.32. The van der Waals surface area contributed by atoms with E-state index in [1.165, 1.54) is 25.4 Å². The van der Waals surface area contributed by atoms with Gasteiger partial charge in [-0.05, 0) is 31.9 Å². The highest BCUT2D eigenvalue weighted by Gasteiger charge is 2.39. The number of piperidine rings is 1. The lowest BCUT2D eigenvalue weighted by molar-refractivity contribution is -0.192. The van der Waals surface area contributed by atoms with Crippen molar-refractivity contribution in [2.24, 2.45) is 5.41 Å². The number of aliphatic carboxylic acids is 1. The van der Waals surface area contributed by atoms with Crippen LogP contribution < -0.4 is 0 Å². The van der Waals surface area contributed by atoms with Gasteiger partial charge in [0.1, 0.15) is 5.69 Å². The van der Waals surface area contributed by atoms with Gasteiger partial charge in [0.2, 0.25) is 0 Å². The fourth-order valence-corrected chi connectivity index (χ4v) is 2.52. The summed E-state index contributed by atoms with van der Waals surface area (Å²) in [4.78, 5) is 49.3. The number of aromatic nitrogens is 1.